The third-order valence-electron chi connectivity index (χ3n) is 5.28. The van der Waals surface area contributed by atoms with Gasteiger partial charge in [-0.15, -0.1) is 0 Å². The number of nitrogens with one attached hydrogen (secondary N) is 1. The molecule has 0 saturated carbocycles. The minimum atomic E-state index is -4.58. The third-order valence-corrected chi connectivity index (χ3v) is 5.28. The second-order valence-electron chi connectivity index (χ2n) is 7.38. The maximum atomic E-state index is 13.2. The van der Waals surface area contributed by atoms with E-state index in [1.54, 1.807) is 11.7 Å². The summed E-state index contributed by atoms with van der Waals surface area (Å²) in [5.74, 6) is 0.0984. The van der Waals surface area contributed by atoms with Crippen LogP contribution >= 0.6 is 0 Å². The van der Waals surface area contributed by atoms with Crippen LogP contribution in [-0.2, 0) is 32.8 Å². The third kappa shape index (κ3) is 4.53. The summed E-state index contributed by atoms with van der Waals surface area (Å²) in [6, 6.07) is 9.81. The largest absolute Gasteiger partial charge is 0.487 e. The Labute approximate surface area is 181 Å². The predicted molar refractivity (Wildman–Crippen MR) is 109 cm³/mol. The van der Waals surface area contributed by atoms with Crippen LogP contribution in [0.2, 0.25) is 0 Å². The molecular weight excluding hydrogens is 428 g/mol. The Morgan fingerprint density at radius 1 is 1.16 bits per heavy atom. The summed E-state index contributed by atoms with van der Waals surface area (Å²) in [5.41, 5.74) is 1.14. The van der Waals surface area contributed by atoms with Crippen molar-refractivity contribution >= 4 is 11.7 Å². The number of ether oxygens (including phenoxy) is 1. The molecule has 0 bridgehead atoms. The van der Waals surface area contributed by atoms with Crippen LogP contribution < -0.4 is 10.1 Å². The maximum absolute atomic E-state index is 13.2. The number of carbonyl (C=O) groups is 1. The zero-order valence-corrected chi connectivity index (χ0v) is 17.1. The van der Waals surface area contributed by atoms with Gasteiger partial charge in [0.25, 0.3) is 0 Å². The lowest BCUT2D eigenvalue weighted by Gasteiger charge is -2.28. The highest BCUT2D eigenvalue weighted by molar-refractivity contribution is 5.90. The zero-order valence-electron chi connectivity index (χ0n) is 17.1. The summed E-state index contributed by atoms with van der Waals surface area (Å²) >= 11 is 0. The quantitative estimate of drug-likeness (QED) is 0.587. The van der Waals surface area contributed by atoms with Crippen LogP contribution in [0.4, 0.5) is 28.0 Å². The molecule has 32 heavy (non-hydrogen) atoms. The van der Waals surface area contributed by atoms with Gasteiger partial charge in [-0.25, -0.2) is 9.18 Å². The summed E-state index contributed by atoms with van der Waals surface area (Å²) in [6.45, 7) is 0.636. The van der Waals surface area contributed by atoms with Crippen molar-refractivity contribution in [3.8, 4) is 5.75 Å². The molecule has 1 aliphatic rings. The number of para-hydroxylation sites is 1. The van der Waals surface area contributed by atoms with Crippen molar-refractivity contribution in [1.29, 1.82) is 0 Å². The minimum absolute atomic E-state index is 0.112. The number of nitrogens with zero attached hydrogens (tertiary/aromatic N) is 3. The number of urea groups is 1. The molecule has 0 atom stereocenters. The fraction of sp³-hybridized carbons (Fsp3) is 0.273. The van der Waals surface area contributed by atoms with E-state index in [0.717, 1.165) is 17.3 Å². The molecule has 2 heterocycles. The number of anilines is 1. The molecule has 1 aromatic heterocycles. The van der Waals surface area contributed by atoms with Gasteiger partial charge in [-0.05, 0) is 36.4 Å². The minimum Gasteiger partial charge on any atom is -0.487 e. The lowest BCUT2D eigenvalue weighted by atomic mass is 10.1. The van der Waals surface area contributed by atoms with Crippen molar-refractivity contribution in [2.24, 2.45) is 7.05 Å². The number of halogens is 4. The first kappa shape index (κ1) is 21.7. The first-order chi connectivity index (χ1) is 15.2. The average molecular weight is 448 g/mol. The van der Waals surface area contributed by atoms with Gasteiger partial charge in [-0.1, -0.05) is 12.1 Å². The smallest absolute Gasteiger partial charge is 0.418 e. The number of benzene rings is 2. The van der Waals surface area contributed by atoms with Crippen LogP contribution in [-0.4, -0.2) is 27.3 Å². The van der Waals surface area contributed by atoms with Crippen LogP contribution in [0.15, 0.2) is 48.5 Å². The number of alkyl halides is 3. The van der Waals surface area contributed by atoms with Crippen LogP contribution in [0.3, 0.4) is 0 Å². The Balaban J connectivity index is 1.48. The number of rotatable bonds is 4. The van der Waals surface area contributed by atoms with E-state index < -0.39 is 17.8 Å². The van der Waals surface area contributed by atoms with E-state index in [9.17, 15) is 22.4 Å². The van der Waals surface area contributed by atoms with E-state index in [0.29, 0.717) is 24.4 Å². The first-order valence-electron chi connectivity index (χ1n) is 9.86. The molecule has 0 fully saturated rings. The van der Waals surface area contributed by atoms with E-state index in [4.69, 9.17) is 4.74 Å². The Morgan fingerprint density at radius 3 is 2.59 bits per heavy atom. The van der Waals surface area contributed by atoms with Crippen LogP contribution in [0.25, 0.3) is 0 Å². The number of hydrogen-bond acceptors (Lipinski definition) is 3. The van der Waals surface area contributed by atoms with Gasteiger partial charge in [0.1, 0.15) is 23.9 Å². The van der Waals surface area contributed by atoms with Gasteiger partial charge in [-0.3, -0.25) is 4.68 Å². The summed E-state index contributed by atoms with van der Waals surface area (Å²) in [7, 11) is 1.79. The predicted octanol–water partition coefficient (Wildman–Crippen LogP) is 4.75. The topological polar surface area (TPSA) is 59.4 Å². The van der Waals surface area contributed by atoms with Crippen LogP contribution in [0.1, 0.15) is 22.5 Å². The van der Waals surface area contributed by atoms with Crippen molar-refractivity contribution in [3.63, 3.8) is 0 Å². The van der Waals surface area contributed by atoms with Crippen LogP contribution in [0, 0.1) is 5.82 Å². The van der Waals surface area contributed by atoms with Crippen molar-refractivity contribution in [1.82, 2.24) is 14.7 Å². The van der Waals surface area contributed by atoms with E-state index in [1.807, 2.05) is 0 Å². The highest BCUT2D eigenvalue weighted by Gasteiger charge is 2.34. The first-order valence-corrected chi connectivity index (χ1v) is 9.86. The monoisotopic (exact) mass is 448 g/mol. The second kappa shape index (κ2) is 8.52. The maximum Gasteiger partial charge on any atom is 0.418 e. The summed E-state index contributed by atoms with van der Waals surface area (Å²) in [6.07, 6.45) is -4.07. The van der Waals surface area contributed by atoms with Crippen LogP contribution in [0.5, 0.6) is 5.75 Å². The number of carbonyl (C=O) groups excluding carboxylic acids is 1. The molecule has 0 spiro atoms. The number of aryl methyl sites for hydroxylation is 1. The molecule has 0 unspecified atom stereocenters. The molecule has 2 amide bonds. The normalized spacial score (nSPS) is 13.6. The standard InChI is InChI=1S/C22H20F4N4O2/c1-29-20-10-11-30(21(31)27-18-5-3-2-4-17(18)22(24,25)26)12-16(20)19(28-29)13-32-15-8-6-14(23)7-9-15/h2-9H,10-13H2,1H3,(H,27,31). The molecule has 0 saturated heterocycles. The Morgan fingerprint density at radius 2 is 1.88 bits per heavy atom. The SMILES string of the molecule is Cn1nc(COc2ccc(F)cc2)c2c1CCN(C(=O)Nc1ccccc1C(F)(F)F)C2. The average Bonchev–Trinajstić information content (AvgIpc) is 3.08. The Hall–Kier alpha value is -3.56. The molecule has 3 aromatic rings. The molecule has 0 radical (unpaired) electrons. The van der Waals surface area contributed by atoms with Gasteiger partial charge < -0.3 is 15.0 Å². The van der Waals surface area contributed by atoms with Gasteiger partial charge in [0.2, 0.25) is 0 Å². The molecular formula is C22H20F4N4O2. The highest BCUT2D eigenvalue weighted by atomic mass is 19.4. The van der Waals surface area contributed by atoms with E-state index in [2.05, 4.69) is 10.4 Å². The van der Waals surface area contributed by atoms with E-state index in [-0.39, 0.29) is 24.7 Å². The highest BCUT2D eigenvalue weighted by Crippen LogP contribution is 2.35. The number of amides is 2. The molecule has 168 valence electrons. The molecule has 1 aliphatic heterocycles. The van der Waals surface area contributed by atoms with Crippen molar-refractivity contribution in [3.05, 3.63) is 76.9 Å². The van der Waals surface area contributed by atoms with E-state index in [1.165, 1.54) is 47.4 Å². The van der Waals surface area contributed by atoms with Gasteiger partial charge in [0.15, 0.2) is 0 Å². The van der Waals surface area contributed by atoms with E-state index >= 15 is 0 Å². The molecule has 0 aliphatic carbocycles. The van der Waals surface area contributed by atoms with Crippen molar-refractivity contribution < 1.29 is 27.1 Å². The Bertz CT molecular complexity index is 1130. The van der Waals surface area contributed by atoms with Gasteiger partial charge >= 0.3 is 12.2 Å². The summed E-state index contributed by atoms with van der Waals surface area (Å²) in [5, 5.41) is 6.84. The number of aromatic nitrogens is 2. The Kier molecular flexibility index (Phi) is 5.77. The zero-order chi connectivity index (χ0) is 22.9. The lowest BCUT2D eigenvalue weighted by molar-refractivity contribution is -0.136. The molecule has 1 N–H and O–H groups in total. The number of hydrogen-bond donors (Lipinski definition) is 1. The molecule has 2 aromatic carbocycles. The molecule has 4 rings (SSSR count). The van der Waals surface area contributed by atoms with Crippen molar-refractivity contribution in [2.75, 3.05) is 11.9 Å². The summed E-state index contributed by atoms with van der Waals surface area (Å²) in [4.78, 5) is 14.2. The fourth-order valence-corrected chi connectivity index (χ4v) is 3.68. The second-order valence-corrected chi connectivity index (χ2v) is 7.38. The number of fused-ring (bicyclic) bond motifs is 1. The molecule has 6 nitrogen and oxygen atoms in total. The fourth-order valence-electron chi connectivity index (χ4n) is 3.68. The van der Waals surface area contributed by atoms with Gasteiger partial charge in [0, 0.05) is 31.3 Å². The van der Waals surface area contributed by atoms with Crippen molar-refractivity contribution in [2.45, 2.75) is 25.7 Å². The molecule has 10 heteroatoms. The van der Waals surface area contributed by atoms with Gasteiger partial charge in [-0.2, -0.15) is 18.3 Å². The summed E-state index contributed by atoms with van der Waals surface area (Å²) < 4.78 is 60.2. The lowest BCUT2D eigenvalue weighted by Crippen LogP contribution is -2.39. The van der Waals surface area contributed by atoms with Gasteiger partial charge in [0.05, 0.1) is 17.8 Å².